The van der Waals surface area contributed by atoms with Gasteiger partial charge >= 0.3 is 6.09 Å². The molecular formula is C9H17NO3. The van der Waals surface area contributed by atoms with Gasteiger partial charge in [0.15, 0.2) is 0 Å². The molecule has 1 amide bonds. The van der Waals surface area contributed by atoms with Crippen molar-refractivity contribution in [2.24, 2.45) is 5.92 Å². The smallest absolute Gasteiger partial charge is 0.407 e. The molecule has 0 saturated carbocycles. The molecule has 2 atom stereocenters. The van der Waals surface area contributed by atoms with Gasteiger partial charge in [-0.25, -0.2) is 4.79 Å². The van der Waals surface area contributed by atoms with E-state index in [0.29, 0.717) is 19.5 Å². The van der Waals surface area contributed by atoms with Crippen molar-refractivity contribution in [3.8, 4) is 0 Å². The Morgan fingerprint density at radius 1 is 1.69 bits per heavy atom. The molecule has 1 rings (SSSR count). The Morgan fingerprint density at radius 2 is 2.38 bits per heavy atom. The van der Waals surface area contributed by atoms with E-state index < -0.39 is 6.09 Å². The highest BCUT2D eigenvalue weighted by molar-refractivity contribution is 5.65. The highest BCUT2D eigenvalue weighted by Gasteiger charge is 2.27. The minimum absolute atomic E-state index is 0.134. The molecule has 0 aromatic carbocycles. The molecule has 0 aromatic rings. The zero-order chi connectivity index (χ0) is 9.84. The summed E-state index contributed by atoms with van der Waals surface area (Å²) in [4.78, 5) is 12.1. The Bertz CT molecular complexity index is 184. The van der Waals surface area contributed by atoms with Gasteiger partial charge in [0.05, 0.1) is 6.10 Å². The number of hydrogen-bond donors (Lipinski definition) is 2. The van der Waals surface area contributed by atoms with Crippen LogP contribution in [0.25, 0.3) is 0 Å². The third kappa shape index (κ3) is 2.59. The Hall–Kier alpha value is -0.770. The molecule has 1 fully saturated rings. The van der Waals surface area contributed by atoms with Crippen molar-refractivity contribution in [2.45, 2.75) is 32.3 Å². The number of hydrogen-bond acceptors (Lipinski definition) is 2. The maximum atomic E-state index is 10.7. The molecule has 1 saturated heterocycles. The summed E-state index contributed by atoms with van der Waals surface area (Å²) in [5, 5.41) is 18.3. The lowest BCUT2D eigenvalue weighted by Crippen LogP contribution is -2.42. The summed E-state index contributed by atoms with van der Waals surface area (Å²) < 4.78 is 0. The van der Waals surface area contributed by atoms with Crippen LogP contribution in [0.4, 0.5) is 4.79 Å². The van der Waals surface area contributed by atoms with Crippen LogP contribution in [0.15, 0.2) is 0 Å². The molecule has 0 unspecified atom stereocenters. The lowest BCUT2D eigenvalue weighted by Gasteiger charge is -2.33. The Labute approximate surface area is 78.2 Å². The Balaban J connectivity index is 2.46. The van der Waals surface area contributed by atoms with E-state index in [1.807, 2.05) is 6.92 Å². The van der Waals surface area contributed by atoms with Crippen LogP contribution in [0.3, 0.4) is 0 Å². The average molecular weight is 187 g/mol. The van der Waals surface area contributed by atoms with Crippen molar-refractivity contribution >= 4 is 6.09 Å². The first-order valence-corrected chi connectivity index (χ1v) is 4.81. The standard InChI is InChI=1S/C9H17NO3/c1-2-8(11)7-4-3-5-10(6-7)9(12)13/h7-8,11H,2-6H2,1H3,(H,12,13)/t7-,8+/m0/s1. The van der Waals surface area contributed by atoms with Crippen molar-refractivity contribution in [3.63, 3.8) is 0 Å². The summed E-state index contributed by atoms with van der Waals surface area (Å²) in [6.07, 6.45) is 1.31. The number of piperidine rings is 1. The van der Waals surface area contributed by atoms with Crippen molar-refractivity contribution < 1.29 is 15.0 Å². The van der Waals surface area contributed by atoms with Crippen LogP contribution in [-0.2, 0) is 0 Å². The molecule has 0 aromatic heterocycles. The van der Waals surface area contributed by atoms with Gasteiger partial charge in [-0.1, -0.05) is 6.92 Å². The number of aliphatic hydroxyl groups is 1. The second-order valence-corrected chi connectivity index (χ2v) is 3.61. The fourth-order valence-corrected chi connectivity index (χ4v) is 1.83. The van der Waals surface area contributed by atoms with E-state index in [-0.39, 0.29) is 12.0 Å². The zero-order valence-corrected chi connectivity index (χ0v) is 7.94. The number of nitrogens with zero attached hydrogens (tertiary/aromatic N) is 1. The van der Waals surface area contributed by atoms with Crippen molar-refractivity contribution in [1.29, 1.82) is 0 Å². The van der Waals surface area contributed by atoms with E-state index in [2.05, 4.69) is 0 Å². The molecule has 0 radical (unpaired) electrons. The molecule has 0 spiro atoms. The first-order chi connectivity index (χ1) is 6.15. The van der Waals surface area contributed by atoms with Crippen LogP contribution in [0, 0.1) is 5.92 Å². The summed E-state index contributed by atoms with van der Waals surface area (Å²) in [5.41, 5.74) is 0. The first-order valence-electron chi connectivity index (χ1n) is 4.81. The molecule has 0 aliphatic carbocycles. The average Bonchev–Trinajstić information content (AvgIpc) is 2.17. The number of rotatable bonds is 2. The first kappa shape index (κ1) is 10.3. The van der Waals surface area contributed by atoms with E-state index in [1.54, 1.807) is 0 Å². The fourth-order valence-electron chi connectivity index (χ4n) is 1.83. The maximum absolute atomic E-state index is 10.7. The van der Waals surface area contributed by atoms with Crippen LogP contribution in [0.5, 0.6) is 0 Å². The predicted molar refractivity (Wildman–Crippen MR) is 48.6 cm³/mol. The topological polar surface area (TPSA) is 60.8 Å². The van der Waals surface area contributed by atoms with Gasteiger partial charge in [-0.05, 0) is 19.3 Å². The van der Waals surface area contributed by atoms with Crippen LogP contribution in [-0.4, -0.2) is 40.4 Å². The highest BCUT2D eigenvalue weighted by atomic mass is 16.4. The highest BCUT2D eigenvalue weighted by Crippen LogP contribution is 2.21. The maximum Gasteiger partial charge on any atom is 0.407 e. The molecule has 4 heteroatoms. The fraction of sp³-hybridized carbons (Fsp3) is 0.889. The summed E-state index contributed by atoms with van der Waals surface area (Å²) >= 11 is 0. The van der Waals surface area contributed by atoms with Gasteiger partial charge in [-0.2, -0.15) is 0 Å². The third-order valence-corrected chi connectivity index (χ3v) is 2.69. The van der Waals surface area contributed by atoms with Crippen LogP contribution in [0.2, 0.25) is 0 Å². The van der Waals surface area contributed by atoms with E-state index >= 15 is 0 Å². The second kappa shape index (κ2) is 4.46. The quantitative estimate of drug-likeness (QED) is 0.681. The van der Waals surface area contributed by atoms with Crippen LogP contribution in [0.1, 0.15) is 26.2 Å². The SMILES string of the molecule is CC[C@@H](O)[C@H]1CCCN(C(=O)O)C1. The van der Waals surface area contributed by atoms with E-state index in [4.69, 9.17) is 5.11 Å². The van der Waals surface area contributed by atoms with Gasteiger partial charge in [-0.3, -0.25) is 0 Å². The van der Waals surface area contributed by atoms with Crippen LogP contribution >= 0.6 is 0 Å². The van der Waals surface area contributed by atoms with Crippen LogP contribution < -0.4 is 0 Å². The van der Waals surface area contributed by atoms with Crippen molar-refractivity contribution in [3.05, 3.63) is 0 Å². The lowest BCUT2D eigenvalue weighted by atomic mass is 9.91. The molecule has 1 aliphatic rings. The van der Waals surface area contributed by atoms with Gasteiger partial charge < -0.3 is 15.1 Å². The molecule has 1 heterocycles. The second-order valence-electron chi connectivity index (χ2n) is 3.61. The summed E-state index contributed by atoms with van der Waals surface area (Å²) in [5.74, 6) is 0.134. The minimum Gasteiger partial charge on any atom is -0.465 e. The number of amides is 1. The van der Waals surface area contributed by atoms with Gasteiger partial charge in [0.2, 0.25) is 0 Å². The number of carbonyl (C=O) groups is 1. The Kier molecular flexibility index (Phi) is 3.54. The predicted octanol–water partition coefficient (Wildman–Crippen LogP) is 1.15. The summed E-state index contributed by atoms with van der Waals surface area (Å²) in [6, 6.07) is 0. The Morgan fingerprint density at radius 3 is 2.92 bits per heavy atom. The molecule has 13 heavy (non-hydrogen) atoms. The number of likely N-dealkylation sites (tertiary alicyclic amines) is 1. The van der Waals surface area contributed by atoms with Crippen molar-refractivity contribution in [1.82, 2.24) is 4.90 Å². The molecule has 1 aliphatic heterocycles. The van der Waals surface area contributed by atoms with E-state index in [0.717, 1.165) is 12.8 Å². The lowest BCUT2D eigenvalue weighted by molar-refractivity contribution is 0.0489. The van der Waals surface area contributed by atoms with Gasteiger partial charge in [0.25, 0.3) is 0 Å². The van der Waals surface area contributed by atoms with Gasteiger partial charge in [-0.15, -0.1) is 0 Å². The summed E-state index contributed by atoms with van der Waals surface area (Å²) in [6.45, 7) is 3.02. The molecule has 0 bridgehead atoms. The zero-order valence-electron chi connectivity index (χ0n) is 7.94. The third-order valence-electron chi connectivity index (χ3n) is 2.69. The largest absolute Gasteiger partial charge is 0.465 e. The van der Waals surface area contributed by atoms with Gasteiger partial charge in [0.1, 0.15) is 0 Å². The number of carboxylic acid groups (broad SMARTS) is 1. The molecule has 2 N–H and O–H groups in total. The normalized spacial score (nSPS) is 25.7. The molecule has 76 valence electrons. The minimum atomic E-state index is -0.868. The van der Waals surface area contributed by atoms with E-state index in [1.165, 1.54) is 4.90 Å². The molecular weight excluding hydrogens is 170 g/mol. The molecule has 4 nitrogen and oxygen atoms in total. The van der Waals surface area contributed by atoms with E-state index in [9.17, 15) is 9.90 Å². The van der Waals surface area contributed by atoms with Gasteiger partial charge in [0, 0.05) is 19.0 Å². The number of aliphatic hydroxyl groups excluding tert-OH is 1. The van der Waals surface area contributed by atoms with Crippen molar-refractivity contribution in [2.75, 3.05) is 13.1 Å². The summed E-state index contributed by atoms with van der Waals surface area (Å²) in [7, 11) is 0. The monoisotopic (exact) mass is 187 g/mol.